The maximum Gasteiger partial charge on any atom is 0.235 e. The van der Waals surface area contributed by atoms with Gasteiger partial charge >= 0.3 is 0 Å². The second-order valence-electron chi connectivity index (χ2n) is 8.85. The summed E-state index contributed by atoms with van der Waals surface area (Å²) in [4.78, 5) is 27.8. The molecule has 1 aromatic heterocycles. The highest BCUT2D eigenvalue weighted by Crippen LogP contribution is 2.52. The Balaban J connectivity index is 1.46. The van der Waals surface area contributed by atoms with Gasteiger partial charge in [0.05, 0.1) is 24.5 Å². The first-order valence-corrected chi connectivity index (χ1v) is 10.2. The Kier molecular flexibility index (Phi) is 4.81. The molecule has 2 amide bonds. The van der Waals surface area contributed by atoms with Crippen LogP contribution < -0.4 is 10.2 Å². The van der Waals surface area contributed by atoms with E-state index in [-0.39, 0.29) is 24.0 Å². The largest absolute Gasteiger partial charge is 0.360 e. The van der Waals surface area contributed by atoms with Gasteiger partial charge in [-0.25, -0.2) is 0 Å². The molecule has 4 heterocycles. The predicted molar refractivity (Wildman–Crippen MR) is 104 cm³/mol. The third-order valence-electron chi connectivity index (χ3n) is 6.10. The third kappa shape index (κ3) is 3.15. The summed E-state index contributed by atoms with van der Waals surface area (Å²) in [5.74, 6) is 0.563. The molecule has 5 atom stereocenters. The van der Waals surface area contributed by atoms with Crippen LogP contribution in [-0.4, -0.2) is 41.3 Å². The Morgan fingerprint density at radius 1 is 1.39 bits per heavy atom. The van der Waals surface area contributed by atoms with Crippen molar-refractivity contribution in [3.63, 3.8) is 0 Å². The summed E-state index contributed by atoms with van der Waals surface area (Å²) in [5, 5.41) is 7.08. The van der Waals surface area contributed by atoms with E-state index in [1.54, 1.807) is 17.9 Å². The Bertz CT molecular complexity index is 801. The monoisotopic (exact) mass is 387 g/mol. The average molecular weight is 387 g/mol. The van der Waals surface area contributed by atoms with Crippen molar-refractivity contribution in [3.8, 4) is 0 Å². The number of aryl methyl sites for hydroxylation is 1. The molecule has 0 aromatic carbocycles. The second kappa shape index (κ2) is 7.03. The molecule has 2 bridgehead atoms. The lowest BCUT2D eigenvalue weighted by atomic mass is 9.76. The molecule has 0 aliphatic carbocycles. The van der Waals surface area contributed by atoms with Gasteiger partial charge in [0.2, 0.25) is 11.8 Å². The summed E-state index contributed by atoms with van der Waals surface area (Å²) < 4.78 is 11.3. The minimum Gasteiger partial charge on any atom is -0.360 e. The minimum absolute atomic E-state index is 0.0797. The van der Waals surface area contributed by atoms with Crippen LogP contribution in [-0.2, 0) is 14.3 Å². The Hall–Kier alpha value is -2.15. The van der Waals surface area contributed by atoms with E-state index in [1.165, 1.54) is 0 Å². The lowest BCUT2D eigenvalue weighted by Crippen LogP contribution is -2.46. The van der Waals surface area contributed by atoms with Gasteiger partial charge in [0.1, 0.15) is 11.4 Å². The zero-order chi connectivity index (χ0) is 20.1. The molecule has 1 aromatic rings. The summed E-state index contributed by atoms with van der Waals surface area (Å²) in [6, 6.07) is 1.81. The van der Waals surface area contributed by atoms with Crippen molar-refractivity contribution < 1.29 is 18.8 Å². The molecule has 28 heavy (non-hydrogen) atoms. The van der Waals surface area contributed by atoms with E-state index in [1.807, 2.05) is 19.1 Å². The maximum absolute atomic E-state index is 13.2. The molecule has 4 rings (SSSR count). The summed E-state index contributed by atoms with van der Waals surface area (Å²) in [6.07, 6.45) is 6.70. The number of amides is 2. The number of hydrogen-bond acceptors (Lipinski definition) is 5. The number of nitrogens with zero attached hydrogens (tertiary/aromatic N) is 2. The van der Waals surface area contributed by atoms with Crippen LogP contribution in [0.3, 0.4) is 0 Å². The van der Waals surface area contributed by atoms with Crippen LogP contribution in [0.2, 0.25) is 0 Å². The standard InChI is InChI=1S/C21H29N3O4/c1-12(2)6-5-7-13(3)22-19(25)17-15-8-9-21(27-15)11-24(20(26)18(17)21)16-10-14(4)28-23-16/h8-10,12-13,15,17-18H,5-7,11H2,1-4H3,(H,22,25)/t13-,15+,17-,18+,21-/m0/s1. The topological polar surface area (TPSA) is 84.7 Å². The molecule has 1 N–H and O–H groups in total. The van der Waals surface area contributed by atoms with E-state index in [0.29, 0.717) is 24.0 Å². The van der Waals surface area contributed by atoms with E-state index in [2.05, 4.69) is 24.3 Å². The van der Waals surface area contributed by atoms with Gasteiger partial charge in [0, 0.05) is 12.1 Å². The van der Waals surface area contributed by atoms with Crippen LogP contribution in [0.25, 0.3) is 0 Å². The van der Waals surface area contributed by atoms with Crippen LogP contribution in [0.5, 0.6) is 0 Å². The molecule has 1 spiro atoms. The van der Waals surface area contributed by atoms with E-state index >= 15 is 0 Å². The molecule has 0 saturated carbocycles. The zero-order valence-corrected chi connectivity index (χ0v) is 17.0. The summed E-state index contributed by atoms with van der Waals surface area (Å²) in [5.41, 5.74) is -0.739. The van der Waals surface area contributed by atoms with Gasteiger partial charge in [0.25, 0.3) is 0 Å². The van der Waals surface area contributed by atoms with Gasteiger partial charge < -0.3 is 14.6 Å². The first-order valence-electron chi connectivity index (χ1n) is 10.2. The van der Waals surface area contributed by atoms with Crippen LogP contribution in [0.4, 0.5) is 5.82 Å². The summed E-state index contributed by atoms with van der Waals surface area (Å²) >= 11 is 0. The zero-order valence-electron chi connectivity index (χ0n) is 17.0. The number of rotatable bonds is 7. The first-order chi connectivity index (χ1) is 13.3. The third-order valence-corrected chi connectivity index (χ3v) is 6.10. The number of nitrogens with one attached hydrogen (secondary N) is 1. The summed E-state index contributed by atoms with van der Waals surface area (Å²) in [7, 11) is 0. The molecular weight excluding hydrogens is 358 g/mol. The number of carbonyl (C=O) groups is 2. The van der Waals surface area contributed by atoms with Crippen molar-refractivity contribution in [1.29, 1.82) is 0 Å². The van der Waals surface area contributed by atoms with Crippen LogP contribution in [0.15, 0.2) is 22.7 Å². The van der Waals surface area contributed by atoms with Gasteiger partial charge in [-0.2, -0.15) is 0 Å². The maximum atomic E-state index is 13.2. The number of fused-ring (bicyclic) bond motifs is 1. The fourth-order valence-electron chi connectivity index (χ4n) is 4.72. The van der Waals surface area contributed by atoms with Crippen molar-refractivity contribution in [1.82, 2.24) is 10.5 Å². The molecule has 0 radical (unpaired) electrons. The summed E-state index contributed by atoms with van der Waals surface area (Å²) in [6.45, 7) is 8.59. The molecule has 152 valence electrons. The first kappa shape index (κ1) is 19.2. The number of ether oxygens (including phenoxy) is 1. The van der Waals surface area contributed by atoms with E-state index < -0.39 is 17.4 Å². The number of anilines is 1. The fraction of sp³-hybridized carbons (Fsp3) is 0.667. The normalized spacial score (nSPS) is 31.7. The smallest absolute Gasteiger partial charge is 0.235 e. The lowest BCUT2D eigenvalue weighted by molar-refractivity contribution is -0.132. The number of hydrogen-bond donors (Lipinski definition) is 1. The van der Waals surface area contributed by atoms with Crippen LogP contribution in [0.1, 0.15) is 45.8 Å². The minimum atomic E-state index is -0.739. The van der Waals surface area contributed by atoms with Crippen LogP contribution >= 0.6 is 0 Å². The van der Waals surface area contributed by atoms with Gasteiger partial charge in [-0.15, -0.1) is 0 Å². The van der Waals surface area contributed by atoms with Gasteiger partial charge in [-0.05, 0) is 26.2 Å². The number of aromatic nitrogens is 1. The van der Waals surface area contributed by atoms with E-state index in [0.717, 1.165) is 19.3 Å². The van der Waals surface area contributed by atoms with Crippen molar-refractivity contribution in [3.05, 3.63) is 24.0 Å². The van der Waals surface area contributed by atoms with Gasteiger partial charge in [-0.1, -0.05) is 44.0 Å². The Morgan fingerprint density at radius 2 is 2.18 bits per heavy atom. The SMILES string of the molecule is Cc1cc(N2C[C@]34C=C[C@@H](O3)[C@H](C(=O)N[C@@H](C)CCCC(C)C)[C@@H]4C2=O)no1. The van der Waals surface area contributed by atoms with Crippen LogP contribution in [0, 0.1) is 24.7 Å². The molecule has 3 aliphatic heterocycles. The number of carbonyl (C=O) groups excluding carboxylic acids is 2. The highest BCUT2D eigenvalue weighted by atomic mass is 16.5. The highest BCUT2D eigenvalue weighted by molar-refractivity contribution is 6.02. The van der Waals surface area contributed by atoms with Crippen molar-refractivity contribution in [2.75, 3.05) is 11.4 Å². The molecule has 7 heteroatoms. The quantitative estimate of drug-likeness (QED) is 0.727. The second-order valence-corrected chi connectivity index (χ2v) is 8.85. The molecular formula is C21H29N3O4. The molecule has 2 fully saturated rings. The van der Waals surface area contributed by atoms with E-state index in [9.17, 15) is 9.59 Å². The lowest BCUT2D eigenvalue weighted by Gasteiger charge is -2.25. The molecule has 0 unspecified atom stereocenters. The van der Waals surface area contributed by atoms with Crippen molar-refractivity contribution in [2.45, 2.75) is 64.7 Å². The van der Waals surface area contributed by atoms with Gasteiger partial charge in [-0.3, -0.25) is 14.5 Å². The molecule has 3 aliphatic rings. The Morgan fingerprint density at radius 3 is 2.86 bits per heavy atom. The van der Waals surface area contributed by atoms with Gasteiger partial charge in [0.15, 0.2) is 5.82 Å². The predicted octanol–water partition coefficient (Wildman–Crippen LogP) is 2.60. The van der Waals surface area contributed by atoms with Crippen molar-refractivity contribution in [2.24, 2.45) is 17.8 Å². The fourth-order valence-corrected chi connectivity index (χ4v) is 4.72. The molecule has 2 saturated heterocycles. The molecule has 7 nitrogen and oxygen atoms in total. The highest BCUT2D eigenvalue weighted by Gasteiger charge is 2.67. The average Bonchev–Trinajstić information content (AvgIpc) is 3.35. The Labute approximate surface area is 165 Å². The van der Waals surface area contributed by atoms with E-state index in [4.69, 9.17) is 9.26 Å². The van der Waals surface area contributed by atoms with Crippen molar-refractivity contribution >= 4 is 17.6 Å².